The first kappa shape index (κ1) is 22.2. The fourth-order valence-corrected chi connectivity index (χ4v) is 5.36. The normalized spacial score (nSPS) is 17.4. The van der Waals surface area contributed by atoms with Crippen molar-refractivity contribution in [3.63, 3.8) is 0 Å². The van der Waals surface area contributed by atoms with Crippen LogP contribution in [0.2, 0.25) is 0 Å². The standard InChI is InChI=1S/C25H23FN2O5S/c26-19-6-10-21(11-7-19)34(30,31)27-20-8-3-17(4-9-20)25(29)28-13-1-2-22(28)18-5-12-23-24(16-18)33-15-14-32-23/h3-12,16,22,27H,1-2,13-15H2. The Balaban J connectivity index is 1.31. The summed E-state index contributed by atoms with van der Waals surface area (Å²) in [4.78, 5) is 15.1. The predicted molar refractivity (Wildman–Crippen MR) is 124 cm³/mol. The second-order valence-corrected chi connectivity index (χ2v) is 9.88. The van der Waals surface area contributed by atoms with E-state index in [4.69, 9.17) is 9.47 Å². The number of nitrogens with one attached hydrogen (secondary N) is 1. The van der Waals surface area contributed by atoms with Crippen LogP contribution in [0.25, 0.3) is 0 Å². The molecule has 7 nitrogen and oxygen atoms in total. The Hall–Kier alpha value is -3.59. The number of anilines is 1. The summed E-state index contributed by atoms with van der Waals surface area (Å²) in [5, 5.41) is 0. The number of benzene rings is 3. The number of fused-ring (bicyclic) bond motifs is 1. The zero-order valence-corrected chi connectivity index (χ0v) is 19.1. The highest BCUT2D eigenvalue weighted by Gasteiger charge is 2.31. The summed E-state index contributed by atoms with van der Waals surface area (Å²) in [6, 6.07) is 16.6. The van der Waals surface area contributed by atoms with Crippen LogP contribution in [0, 0.1) is 5.82 Å². The van der Waals surface area contributed by atoms with Crippen molar-refractivity contribution in [2.75, 3.05) is 24.5 Å². The van der Waals surface area contributed by atoms with Crippen molar-refractivity contribution in [1.29, 1.82) is 0 Å². The molecule has 1 N–H and O–H groups in total. The summed E-state index contributed by atoms with van der Waals surface area (Å²) in [6.07, 6.45) is 1.74. The number of ether oxygens (including phenoxy) is 2. The summed E-state index contributed by atoms with van der Waals surface area (Å²) >= 11 is 0. The van der Waals surface area contributed by atoms with E-state index in [2.05, 4.69) is 4.72 Å². The predicted octanol–water partition coefficient (Wildman–Crippen LogP) is 4.38. The molecular formula is C25H23FN2O5S. The molecule has 5 rings (SSSR count). The molecule has 0 aromatic heterocycles. The number of carbonyl (C=O) groups is 1. The van der Waals surface area contributed by atoms with Crippen molar-refractivity contribution >= 4 is 21.6 Å². The topological polar surface area (TPSA) is 84.9 Å². The molecule has 1 amide bonds. The van der Waals surface area contributed by atoms with Gasteiger partial charge in [0.2, 0.25) is 0 Å². The number of hydrogen-bond acceptors (Lipinski definition) is 5. The quantitative estimate of drug-likeness (QED) is 0.584. The van der Waals surface area contributed by atoms with E-state index < -0.39 is 15.8 Å². The van der Waals surface area contributed by atoms with Gasteiger partial charge in [-0.3, -0.25) is 9.52 Å². The third-order valence-electron chi connectivity index (χ3n) is 5.97. The maximum atomic E-state index is 13.3. The zero-order chi connectivity index (χ0) is 23.7. The first-order valence-corrected chi connectivity index (χ1v) is 12.5. The minimum absolute atomic E-state index is 0.0478. The van der Waals surface area contributed by atoms with Crippen LogP contribution in [0.1, 0.15) is 34.8 Å². The minimum atomic E-state index is -3.87. The number of sulfonamides is 1. The molecule has 2 heterocycles. The van der Waals surface area contributed by atoms with Crippen LogP contribution in [0.5, 0.6) is 11.5 Å². The minimum Gasteiger partial charge on any atom is -0.486 e. The first-order chi connectivity index (χ1) is 16.4. The number of amides is 1. The second-order valence-electron chi connectivity index (χ2n) is 8.20. The van der Waals surface area contributed by atoms with E-state index in [9.17, 15) is 17.6 Å². The van der Waals surface area contributed by atoms with E-state index in [1.165, 1.54) is 12.1 Å². The van der Waals surface area contributed by atoms with Crippen LogP contribution in [-0.4, -0.2) is 39.0 Å². The van der Waals surface area contributed by atoms with Crippen LogP contribution in [-0.2, 0) is 10.0 Å². The van der Waals surface area contributed by atoms with E-state index in [0.29, 0.717) is 42.5 Å². The lowest BCUT2D eigenvalue weighted by Gasteiger charge is -2.27. The average molecular weight is 483 g/mol. The Labute approximate surface area is 197 Å². The summed E-state index contributed by atoms with van der Waals surface area (Å²) in [5.41, 5.74) is 1.78. The Bertz CT molecular complexity index is 1310. The second kappa shape index (κ2) is 8.98. The Kier molecular flexibility index (Phi) is 5.87. The maximum absolute atomic E-state index is 13.3. The summed E-state index contributed by atoms with van der Waals surface area (Å²) in [5.74, 6) is 0.772. The number of nitrogens with zero attached hydrogens (tertiary/aromatic N) is 1. The molecule has 1 atom stereocenters. The van der Waals surface area contributed by atoms with Crippen molar-refractivity contribution in [1.82, 2.24) is 4.90 Å². The molecule has 0 saturated carbocycles. The van der Waals surface area contributed by atoms with E-state index >= 15 is 0 Å². The van der Waals surface area contributed by atoms with Crippen molar-refractivity contribution in [2.45, 2.75) is 23.8 Å². The molecule has 176 valence electrons. The molecule has 9 heteroatoms. The van der Waals surface area contributed by atoms with Crippen molar-refractivity contribution in [3.05, 3.63) is 83.7 Å². The summed E-state index contributed by atoms with van der Waals surface area (Å²) < 4.78 is 51.9. The van der Waals surface area contributed by atoms with Crippen LogP contribution in [0.15, 0.2) is 71.6 Å². The number of likely N-dealkylation sites (tertiary alicyclic amines) is 1. The van der Waals surface area contributed by atoms with Crippen LogP contribution < -0.4 is 14.2 Å². The molecule has 2 aliphatic rings. The molecule has 0 bridgehead atoms. The molecule has 1 unspecified atom stereocenters. The van der Waals surface area contributed by atoms with Crippen LogP contribution in [0.3, 0.4) is 0 Å². The van der Waals surface area contributed by atoms with Gasteiger partial charge in [-0.1, -0.05) is 6.07 Å². The number of hydrogen-bond donors (Lipinski definition) is 1. The molecule has 0 aliphatic carbocycles. The average Bonchev–Trinajstić information content (AvgIpc) is 3.34. The molecule has 1 fully saturated rings. The number of carbonyl (C=O) groups excluding carboxylic acids is 1. The molecule has 0 spiro atoms. The van der Waals surface area contributed by atoms with E-state index in [-0.39, 0.29) is 16.8 Å². The molecular weight excluding hydrogens is 459 g/mol. The molecule has 2 aliphatic heterocycles. The van der Waals surface area contributed by atoms with Gasteiger partial charge in [0.25, 0.3) is 15.9 Å². The van der Waals surface area contributed by atoms with E-state index in [1.807, 2.05) is 23.1 Å². The molecule has 1 saturated heterocycles. The highest BCUT2D eigenvalue weighted by Crippen LogP contribution is 2.38. The van der Waals surface area contributed by atoms with Gasteiger partial charge in [-0.2, -0.15) is 0 Å². The van der Waals surface area contributed by atoms with Crippen LogP contribution in [0.4, 0.5) is 10.1 Å². The highest BCUT2D eigenvalue weighted by atomic mass is 32.2. The fourth-order valence-electron chi connectivity index (χ4n) is 4.30. The molecule has 3 aromatic carbocycles. The van der Waals surface area contributed by atoms with E-state index in [1.54, 1.807) is 24.3 Å². The van der Waals surface area contributed by atoms with Gasteiger partial charge in [-0.15, -0.1) is 0 Å². The summed E-state index contributed by atoms with van der Waals surface area (Å²) in [6.45, 7) is 1.66. The van der Waals surface area contributed by atoms with Crippen molar-refractivity contribution in [2.24, 2.45) is 0 Å². The summed E-state index contributed by atoms with van der Waals surface area (Å²) in [7, 11) is -3.87. The van der Waals surface area contributed by atoms with Gasteiger partial charge >= 0.3 is 0 Å². The van der Waals surface area contributed by atoms with Gasteiger partial charge in [0, 0.05) is 17.8 Å². The van der Waals surface area contributed by atoms with Crippen LogP contribution >= 0.6 is 0 Å². The lowest BCUT2D eigenvalue weighted by molar-refractivity contribution is 0.0735. The molecule has 0 radical (unpaired) electrons. The van der Waals surface area contributed by atoms with Gasteiger partial charge in [-0.25, -0.2) is 12.8 Å². The van der Waals surface area contributed by atoms with Gasteiger partial charge in [0.05, 0.1) is 10.9 Å². The smallest absolute Gasteiger partial charge is 0.261 e. The van der Waals surface area contributed by atoms with Crippen molar-refractivity contribution < 1.29 is 27.1 Å². The Morgan fingerprint density at radius 3 is 2.38 bits per heavy atom. The first-order valence-electron chi connectivity index (χ1n) is 11.0. The largest absolute Gasteiger partial charge is 0.486 e. The van der Waals surface area contributed by atoms with Crippen molar-refractivity contribution in [3.8, 4) is 11.5 Å². The van der Waals surface area contributed by atoms with Gasteiger partial charge in [-0.05, 0) is 79.1 Å². The fraction of sp³-hybridized carbons (Fsp3) is 0.240. The van der Waals surface area contributed by atoms with Gasteiger partial charge in [0.15, 0.2) is 11.5 Å². The lowest BCUT2D eigenvalue weighted by atomic mass is 10.0. The number of halogens is 1. The SMILES string of the molecule is O=C(c1ccc(NS(=O)(=O)c2ccc(F)cc2)cc1)N1CCCC1c1ccc2c(c1)OCCO2. The Morgan fingerprint density at radius 1 is 0.941 bits per heavy atom. The third kappa shape index (κ3) is 4.43. The van der Waals surface area contributed by atoms with Gasteiger partial charge < -0.3 is 14.4 Å². The Morgan fingerprint density at radius 2 is 1.65 bits per heavy atom. The number of rotatable bonds is 5. The molecule has 3 aromatic rings. The lowest BCUT2D eigenvalue weighted by Crippen LogP contribution is -2.30. The zero-order valence-electron chi connectivity index (χ0n) is 18.2. The maximum Gasteiger partial charge on any atom is 0.261 e. The van der Waals surface area contributed by atoms with Gasteiger partial charge in [0.1, 0.15) is 19.0 Å². The third-order valence-corrected chi connectivity index (χ3v) is 7.37. The molecule has 34 heavy (non-hydrogen) atoms. The monoisotopic (exact) mass is 482 g/mol. The highest BCUT2D eigenvalue weighted by molar-refractivity contribution is 7.92. The van der Waals surface area contributed by atoms with E-state index in [0.717, 1.165) is 30.5 Å².